The number of benzene rings is 11. The van der Waals surface area contributed by atoms with E-state index in [1.807, 2.05) is 12.1 Å². The molecule has 65 heavy (non-hydrogen) atoms. The fraction of sp³-hybridized carbons (Fsp3) is 0. The van der Waals surface area contributed by atoms with Crippen molar-refractivity contribution in [2.45, 2.75) is 0 Å². The van der Waals surface area contributed by atoms with E-state index in [4.69, 9.17) is 4.42 Å². The number of rotatable bonds is 7. The minimum atomic E-state index is 0.863. The first-order chi connectivity index (χ1) is 32.2. The van der Waals surface area contributed by atoms with Crippen molar-refractivity contribution in [1.29, 1.82) is 0 Å². The van der Waals surface area contributed by atoms with Crippen molar-refractivity contribution in [3.8, 4) is 39.1 Å². The lowest BCUT2D eigenvalue weighted by molar-refractivity contribution is 0.669. The lowest BCUT2D eigenvalue weighted by Gasteiger charge is -2.26. The van der Waals surface area contributed by atoms with E-state index in [2.05, 4.69) is 240 Å². The third kappa shape index (κ3) is 6.12. The van der Waals surface area contributed by atoms with Crippen LogP contribution in [0.1, 0.15) is 0 Å². The van der Waals surface area contributed by atoms with Crippen LogP contribution in [0.3, 0.4) is 0 Å². The van der Waals surface area contributed by atoms with Crippen LogP contribution in [-0.4, -0.2) is 4.57 Å². The average molecular weight is 829 g/mol. The van der Waals surface area contributed by atoms with Crippen LogP contribution in [0.5, 0.6) is 0 Å². The molecule has 304 valence electrons. The molecule has 0 atom stereocenters. The maximum Gasteiger partial charge on any atom is 0.137 e. The number of fused-ring (bicyclic) bond motifs is 9. The molecule has 0 unspecified atom stereocenters. The van der Waals surface area contributed by atoms with Gasteiger partial charge >= 0.3 is 0 Å². The van der Waals surface area contributed by atoms with Gasteiger partial charge in [-0.05, 0) is 122 Å². The van der Waals surface area contributed by atoms with Crippen molar-refractivity contribution in [3.05, 3.63) is 243 Å². The SMILES string of the molecule is c1cc(-c2ccc(N(c3ccc(-c4cc5ccccc5c5ccccc45)cc3)c3ccc4c(c3)oc3ccccc34)cc2)cc(-c2ccccc2-n2c3ccccc3c3ccccc32)c1. The van der Waals surface area contributed by atoms with Gasteiger partial charge in [0, 0.05) is 50.2 Å². The Balaban J connectivity index is 0.898. The summed E-state index contributed by atoms with van der Waals surface area (Å²) in [6, 6.07) is 87.7. The van der Waals surface area contributed by atoms with E-state index in [1.54, 1.807) is 0 Å². The summed E-state index contributed by atoms with van der Waals surface area (Å²) >= 11 is 0. The van der Waals surface area contributed by atoms with Crippen LogP contribution in [-0.2, 0) is 0 Å². The van der Waals surface area contributed by atoms with E-state index < -0.39 is 0 Å². The molecule has 13 rings (SSSR count). The first kappa shape index (κ1) is 36.9. The molecule has 0 aliphatic carbocycles. The molecule has 3 nitrogen and oxygen atoms in total. The Bertz CT molecular complexity index is 3900. The molecular weight excluding hydrogens is 789 g/mol. The van der Waals surface area contributed by atoms with E-state index >= 15 is 0 Å². The fourth-order valence-electron chi connectivity index (χ4n) is 10.1. The van der Waals surface area contributed by atoms with Crippen molar-refractivity contribution >= 4 is 82.4 Å². The average Bonchev–Trinajstić information content (AvgIpc) is 3.92. The normalized spacial score (nSPS) is 11.7. The number of aromatic nitrogens is 1. The van der Waals surface area contributed by atoms with Crippen LogP contribution >= 0.6 is 0 Å². The van der Waals surface area contributed by atoms with E-state index in [-0.39, 0.29) is 0 Å². The van der Waals surface area contributed by atoms with Gasteiger partial charge in [-0.2, -0.15) is 0 Å². The summed E-state index contributed by atoms with van der Waals surface area (Å²) in [5, 5.41) is 9.78. The highest BCUT2D eigenvalue weighted by Crippen LogP contribution is 2.42. The summed E-state index contributed by atoms with van der Waals surface area (Å²) in [6.07, 6.45) is 0. The molecule has 0 saturated carbocycles. The zero-order valence-corrected chi connectivity index (χ0v) is 35.4. The van der Waals surface area contributed by atoms with Crippen LogP contribution in [0.25, 0.3) is 104 Å². The molecule has 0 radical (unpaired) electrons. The van der Waals surface area contributed by atoms with Gasteiger partial charge in [-0.25, -0.2) is 0 Å². The van der Waals surface area contributed by atoms with Gasteiger partial charge in [0.2, 0.25) is 0 Å². The summed E-state index contributed by atoms with van der Waals surface area (Å²) in [4.78, 5) is 2.33. The number of hydrogen-bond acceptors (Lipinski definition) is 2. The van der Waals surface area contributed by atoms with Gasteiger partial charge in [-0.1, -0.05) is 164 Å². The Labute approximate surface area is 376 Å². The third-order valence-electron chi connectivity index (χ3n) is 13.2. The number of hydrogen-bond donors (Lipinski definition) is 0. The van der Waals surface area contributed by atoms with Gasteiger partial charge in [-0.3, -0.25) is 0 Å². The predicted molar refractivity (Wildman–Crippen MR) is 274 cm³/mol. The molecule has 3 heteroatoms. The second-order valence-corrected chi connectivity index (χ2v) is 16.9. The van der Waals surface area contributed by atoms with Crippen LogP contribution in [0.2, 0.25) is 0 Å². The molecule has 13 aromatic rings. The second kappa shape index (κ2) is 15.0. The molecule has 0 amide bonds. The summed E-state index contributed by atoms with van der Waals surface area (Å²) in [5.74, 6) is 0. The quantitative estimate of drug-likeness (QED) is 0.149. The Morgan fingerprint density at radius 3 is 1.60 bits per heavy atom. The van der Waals surface area contributed by atoms with E-state index in [0.29, 0.717) is 0 Å². The zero-order chi connectivity index (χ0) is 42.8. The van der Waals surface area contributed by atoms with Crippen LogP contribution in [0.4, 0.5) is 17.1 Å². The highest BCUT2D eigenvalue weighted by Gasteiger charge is 2.19. The van der Waals surface area contributed by atoms with Crippen molar-refractivity contribution in [2.24, 2.45) is 0 Å². The molecule has 0 bridgehead atoms. The van der Waals surface area contributed by atoms with Crippen LogP contribution in [0, 0.1) is 0 Å². The maximum absolute atomic E-state index is 6.44. The minimum Gasteiger partial charge on any atom is -0.456 e. The highest BCUT2D eigenvalue weighted by molar-refractivity contribution is 6.14. The summed E-state index contributed by atoms with van der Waals surface area (Å²) < 4.78 is 8.85. The fourth-order valence-corrected chi connectivity index (χ4v) is 10.1. The predicted octanol–water partition coefficient (Wildman–Crippen LogP) is 17.5. The molecule has 0 fully saturated rings. The smallest absolute Gasteiger partial charge is 0.137 e. The highest BCUT2D eigenvalue weighted by atomic mass is 16.3. The molecule has 0 N–H and O–H groups in total. The first-order valence-electron chi connectivity index (χ1n) is 22.2. The number of para-hydroxylation sites is 4. The molecule has 2 aromatic heterocycles. The monoisotopic (exact) mass is 828 g/mol. The molecule has 0 aliphatic heterocycles. The van der Waals surface area contributed by atoms with Crippen molar-refractivity contribution in [2.75, 3.05) is 4.90 Å². The van der Waals surface area contributed by atoms with Gasteiger partial charge in [0.1, 0.15) is 11.2 Å². The zero-order valence-electron chi connectivity index (χ0n) is 35.4. The van der Waals surface area contributed by atoms with Gasteiger partial charge in [0.25, 0.3) is 0 Å². The molecule has 0 saturated heterocycles. The Hall–Kier alpha value is -8.66. The number of nitrogens with zero attached hydrogens (tertiary/aromatic N) is 2. The molecule has 0 aliphatic rings. The molecule has 2 heterocycles. The summed E-state index contributed by atoms with van der Waals surface area (Å²) in [6.45, 7) is 0. The first-order valence-corrected chi connectivity index (χ1v) is 22.2. The number of anilines is 3. The second-order valence-electron chi connectivity index (χ2n) is 16.9. The Morgan fingerprint density at radius 2 is 0.846 bits per heavy atom. The van der Waals surface area contributed by atoms with Crippen molar-refractivity contribution in [1.82, 2.24) is 4.57 Å². The summed E-state index contributed by atoms with van der Waals surface area (Å²) in [7, 11) is 0. The lowest BCUT2D eigenvalue weighted by atomic mass is 9.93. The van der Waals surface area contributed by atoms with Gasteiger partial charge in [-0.15, -0.1) is 0 Å². The lowest BCUT2D eigenvalue weighted by Crippen LogP contribution is -2.09. The molecular formula is C62H40N2O. The Kier molecular flexibility index (Phi) is 8.53. The van der Waals surface area contributed by atoms with Crippen molar-refractivity contribution < 1.29 is 4.42 Å². The van der Waals surface area contributed by atoms with Crippen LogP contribution < -0.4 is 4.90 Å². The van der Waals surface area contributed by atoms with Gasteiger partial charge in [0.05, 0.1) is 16.7 Å². The van der Waals surface area contributed by atoms with E-state index in [1.165, 1.54) is 65.6 Å². The van der Waals surface area contributed by atoms with Gasteiger partial charge < -0.3 is 13.9 Å². The third-order valence-corrected chi connectivity index (χ3v) is 13.2. The topological polar surface area (TPSA) is 21.3 Å². The summed E-state index contributed by atoms with van der Waals surface area (Å²) in [5.41, 5.74) is 15.5. The maximum atomic E-state index is 6.44. The van der Waals surface area contributed by atoms with E-state index in [0.717, 1.165) is 55.8 Å². The standard InChI is InChI=1S/C62H40N2O/c1-2-17-49-45(14-1)39-57(52-20-4-3-19-51(49)52)42-30-34-47(35-31-42)63(48-36-37-56-55-23-8-12-27-61(55)65-62(56)40-48)46-32-28-41(29-33-46)43-15-13-16-44(38-43)50-18-5-9-24-58(50)64-59-25-10-6-21-53(59)54-22-7-11-26-60(54)64/h1-40H. The largest absolute Gasteiger partial charge is 0.456 e. The Morgan fingerprint density at radius 1 is 0.292 bits per heavy atom. The molecule has 0 spiro atoms. The molecule has 11 aromatic carbocycles. The van der Waals surface area contributed by atoms with Gasteiger partial charge in [0.15, 0.2) is 0 Å². The van der Waals surface area contributed by atoms with Crippen LogP contribution in [0.15, 0.2) is 247 Å². The number of furan rings is 1. The van der Waals surface area contributed by atoms with Crippen molar-refractivity contribution in [3.63, 3.8) is 0 Å². The minimum absolute atomic E-state index is 0.863. The van der Waals surface area contributed by atoms with E-state index in [9.17, 15) is 0 Å².